The lowest BCUT2D eigenvalue weighted by atomic mass is 10.1. The fourth-order valence-electron chi connectivity index (χ4n) is 2.25. The van der Waals surface area contributed by atoms with Crippen molar-refractivity contribution in [2.45, 2.75) is 31.9 Å². The van der Waals surface area contributed by atoms with Gasteiger partial charge in [-0.2, -0.15) is 0 Å². The normalized spacial score (nSPS) is 23.0. The fourth-order valence-corrected chi connectivity index (χ4v) is 2.25. The Hall–Kier alpha value is -1.39. The summed E-state index contributed by atoms with van der Waals surface area (Å²) in [5.74, 6) is -0.0138. The van der Waals surface area contributed by atoms with E-state index in [-0.39, 0.29) is 11.9 Å². The molecule has 1 heterocycles. The van der Waals surface area contributed by atoms with Crippen molar-refractivity contribution in [3.8, 4) is 0 Å². The Bertz CT molecular complexity index is 420. The third kappa shape index (κ3) is 3.31. The summed E-state index contributed by atoms with van der Waals surface area (Å²) in [6.07, 6.45) is 0.960. The number of aliphatic hydroxyl groups is 1. The van der Waals surface area contributed by atoms with Crippen LogP contribution < -0.4 is 10.6 Å². The van der Waals surface area contributed by atoms with Gasteiger partial charge in [0.15, 0.2) is 0 Å². The fraction of sp³-hybridized carbons (Fsp3) is 0.500. The molecule has 0 saturated carbocycles. The molecule has 0 aliphatic carbocycles. The van der Waals surface area contributed by atoms with Gasteiger partial charge in [0.2, 0.25) is 5.91 Å². The van der Waals surface area contributed by atoms with Crippen LogP contribution in [-0.4, -0.2) is 36.2 Å². The van der Waals surface area contributed by atoms with Crippen molar-refractivity contribution in [1.29, 1.82) is 0 Å². The van der Waals surface area contributed by atoms with E-state index >= 15 is 0 Å². The number of carbonyl (C=O) groups excluding carboxylic acids is 1. The van der Waals surface area contributed by atoms with E-state index in [1.54, 1.807) is 0 Å². The average molecular weight is 248 g/mol. The maximum Gasteiger partial charge on any atom is 0.237 e. The van der Waals surface area contributed by atoms with E-state index in [0.29, 0.717) is 19.5 Å². The third-order valence-electron chi connectivity index (χ3n) is 3.38. The number of hydrogen-bond acceptors (Lipinski definition) is 3. The van der Waals surface area contributed by atoms with Crippen LogP contribution in [0.1, 0.15) is 17.5 Å². The first-order valence-electron chi connectivity index (χ1n) is 6.40. The largest absolute Gasteiger partial charge is 0.392 e. The molecule has 0 bridgehead atoms. The number of amides is 1. The van der Waals surface area contributed by atoms with Gasteiger partial charge in [-0.1, -0.05) is 24.3 Å². The smallest absolute Gasteiger partial charge is 0.237 e. The molecule has 1 aliphatic rings. The van der Waals surface area contributed by atoms with Crippen LogP contribution in [0.25, 0.3) is 0 Å². The molecule has 0 radical (unpaired) electrons. The van der Waals surface area contributed by atoms with Gasteiger partial charge in [-0.15, -0.1) is 0 Å². The standard InChI is InChI=1S/C14H20N2O2/c1-10-4-2-3-5-11(10)6-7-15-14(18)13-8-12(17)9-16-13/h2-5,12-13,16-17H,6-9H2,1H3,(H,15,18). The van der Waals surface area contributed by atoms with E-state index in [1.807, 2.05) is 12.1 Å². The molecule has 1 aliphatic heterocycles. The zero-order valence-electron chi connectivity index (χ0n) is 10.6. The lowest BCUT2D eigenvalue weighted by Crippen LogP contribution is -2.41. The second-order valence-electron chi connectivity index (χ2n) is 4.82. The maximum atomic E-state index is 11.8. The second kappa shape index (κ2) is 5.98. The number of hydrogen-bond donors (Lipinski definition) is 3. The van der Waals surface area contributed by atoms with Gasteiger partial charge >= 0.3 is 0 Å². The maximum absolute atomic E-state index is 11.8. The summed E-state index contributed by atoms with van der Waals surface area (Å²) >= 11 is 0. The molecule has 1 amide bonds. The Morgan fingerprint density at radius 1 is 1.50 bits per heavy atom. The molecule has 1 aromatic rings. The van der Waals surface area contributed by atoms with Crippen LogP contribution in [0, 0.1) is 6.92 Å². The minimum atomic E-state index is -0.392. The lowest BCUT2D eigenvalue weighted by molar-refractivity contribution is -0.122. The highest BCUT2D eigenvalue weighted by molar-refractivity contribution is 5.82. The predicted octanol–water partition coefficient (Wildman–Crippen LogP) is 0.377. The molecule has 1 saturated heterocycles. The summed E-state index contributed by atoms with van der Waals surface area (Å²) in [6.45, 7) is 3.22. The van der Waals surface area contributed by atoms with Gasteiger partial charge in [0.25, 0.3) is 0 Å². The van der Waals surface area contributed by atoms with Crippen molar-refractivity contribution in [2.24, 2.45) is 0 Å². The zero-order valence-corrected chi connectivity index (χ0v) is 10.6. The Labute approximate surface area is 107 Å². The Balaban J connectivity index is 1.75. The first-order chi connectivity index (χ1) is 8.66. The van der Waals surface area contributed by atoms with E-state index in [2.05, 4.69) is 29.7 Å². The van der Waals surface area contributed by atoms with E-state index in [4.69, 9.17) is 0 Å². The van der Waals surface area contributed by atoms with Gasteiger partial charge in [-0.25, -0.2) is 0 Å². The molecule has 1 fully saturated rings. The Morgan fingerprint density at radius 3 is 2.94 bits per heavy atom. The molecule has 2 unspecified atom stereocenters. The summed E-state index contributed by atoms with van der Waals surface area (Å²) < 4.78 is 0. The molecule has 2 atom stereocenters. The topological polar surface area (TPSA) is 61.4 Å². The first kappa shape index (κ1) is 13.1. The minimum absolute atomic E-state index is 0.0138. The number of aryl methyl sites for hydroxylation is 1. The zero-order chi connectivity index (χ0) is 13.0. The highest BCUT2D eigenvalue weighted by Crippen LogP contribution is 2.08. The number of rotatable bonds is 4. The summed E-state index contributed by atoms with van der Waals surface area (Å²) in [5, 5.41) is 15.3. The highest BCUT2D eigenvalue weighted by atomic mass is 16.3. The second-order valence-corrected chi connectivity index (χ2v) is 4.82. The molecule has 3 N–H and O–H groups in total. The van der Waals surface area contributed by atoms with Gasteiger partial charge in [0.1, 0.15) is 0 Å². The molecule has 0 aromatic heterocycles. The molecular weight excluding hydrogens is 228 g/mol. The summed E-state index contributed by atoms with van der Waals surface area (Å²) in [6, 6.07) is 7.95. The number of β-amino-alcohol motifs (C(OH)–C–C–N with tert-alkyl or cyclic N) is 1. The van der Waals surface area contributed by atoms with Crippen molar-refractivity contribution in [3.63, 3.8) is 0 Å². The van der Waals surface area contributed by atoms with E-state index in [1.165, 1.54) is 11.1 Å². The lowest BCUT2D eigenvalue weighted by Gasteiger charge is -2.11. The van der Waals surface area contributed by atoms with Gasteiger partial charge in [0, 0.05) is 13.1 Å². The summed E-state index contributed by atoms with van der Waals surface area (Å²) in [5.41, 5.74) is 2.51. The van der Waals surface area contributed by atoms with Crippen LogP contribution >= 0.6 is 0 Å². The molecule has 4 heteroatoms. The van der Waals surface area contributed by atoms with Crippen molar-refractivity contribution < 1.29 is 9.90 Å². The number of benzene rings is 1. The van der Waals surface area contributed by atoms with E-state index < -0.39 is 6.10 Å². The molecule has 18 heavy (non-hydrogen) atoms. The summed E-state index contributed by atoms with van der Waals surface area (Å²) in [7, 11) is 0. The first-order valence-corrected chi connectivity index (χ1v) is 6.40. The van der Waals surface area contributed by atoms with Crippen LogP contribution in [0.2, 0.25) is 0 Å². The van der Waals surface area contributed by atoms with E-state index in [9.17, 15) is 9.90 Å². The van der Waals surface area contributed by atoms with Crippen LogP contribution in [-0.2, 0) is 11.2 Å². The Morgan fingerprint density at radius 2 is 2.28 bits per heavy atom. The van der Waals surface area contributed by atoms with Gasteiger partial charge in [-0.3, -0.25) is 4.79 Å². The Kier molecular flexibility index (Phi) is 4.33. The molecule has 98 valence electrons. The van der Waals surface area contributed by atoms with Gasteiger partial charge in [-0.05, 0) is 30.9 Å². The molecular formula is C14H20N2O2. The molecule has 2 rings (SSSR count). The number of carbonyl (C=O) groups is 1. The van der Waals surface area contributed by atoms with Crippen molar-refractivity contribution in [2.75, 3.05) is 13.1 Å². The van der Waals surface area contributed by atoms with Crippen molar-refractivity contribution in [1.82, 2.24) is 10.6 Å². The summed E-state index contributed by atoms with van der Waals surface area (Å²) in [4.78, 5) is 11.8. The number of nitrogens with one attached hydrogen (secondary N) is 2. The predicted molar refractivity (Wildman–Crippen MR) is 70.3 cm³/mol. The van der Waals surface area contributed by atoms with Crippen molar-refractivity contribution in [3.05, 3.63) is 35.4 Å². The highest BCUT2D eigenvalue weighted by Gasteiger charge is 2.27. The van der Waals surface area contributed by atoms with Crippen LogP contribution in [0.4, 0.5) is 0 Å². The molecule has 4 nitrogen and oxygen atoms in total. The van der Waals surface area contributed by atoms with Crippen molar-refractivity contribution >= 4 is 5.91 Å². The average Bonchev–Trinajstić information content (AvgIpc) is 2.78. The van der Waals surface area contributed by atoms with Gasteiger partial charge < -0.3 is 15.7 Å². The molecule has 0 spiro atoms. The molecule has 1 aromatic carbocycles. The van der Waals surface area contributed by atoms with Crippen LogP contribution in [0.15, 0.2) is 24.3 Å². The quantitative estimate of drug-likeness (QED) is 0.722. The van der Waals surface area contributed by atoms with Crippen LogP contribution in [0.3, 0.4) is 0 Å². The minimum Gasteiger partial charge on any atom is -0.392 e. The van der Waals surface area contributed by atoms with Gasteiger partial charge in [0.05, 0.1) is 12.1 Å². The number of aliphatic hydroxyl groups excluding tert-OH is 1. The SMILES string of the molecule is Cc1ccccc1CCNC(=O)C1CC(O)CN1. The monoisotopic (exact) mass is 248 g/mol. The third-order valence-corrected chi connectivity index (χ3v) is 3.38. The van der Waals surface area contributed by atoms with E-state index in [0.717, 1.165) is 6.42 Å². The van der Waals surface area contributed by atoms with Crippen LogP contribution in [0.5, 0.6) is 0 Å².